The van der Waals surface area contributed by atoms with Crippen molar-refractivity contribution in [3.8, 4) is 6.07 Å². The molecule has 1 atom stereocenters. The number of hydrogen-bond donors (Lipinski definition) is 2. The molecule has 0 aliphatic carbocycles. The molecule has 3 amide bonds. The van der Waals surface area contributed by atoms with Crippen molar-refractivity contribution >= 4 is 34.3 Å². The number of carbonyl (C=O) groups excluding carboxylic acids is 3. The molecule has 2 aliphatic heterocycles. The normalized spacial score (nSPS) is 17.4. The lowest BCUT2D eigenvalue weighted by atomic mass is 10.00. The van der Waals surface area contributed by atoms with Gasteiger partial charge in [0.1, 0.15) is 11.6 Å². The molecule has 2 N–H and O–H groups in total. The molecule has 0 saturated carbocycles. The predicted octanol–water partition coefficient (Wildman–Crippen LogP) is 2.70. The van der Waals surface area contributed by atoms with E-state index < -0.39 is 93.6 Å². The minimum absolute atomic E-state index is 0.0778. The van der Waals surface area contributed by atoms with Crippen molar-refractivity contribution in [2.45, 2.75) is 18.6 Å². The number of aromatic nitrogens is 1. The number of ether oxygens (including phenoxy) is 1. The van der Waals surface area contributed by atoms with Crippen LogP contribution in [0.5, 0.6) is 0 Å². The average Bonchev–Trinajstić information content (AvgIpc) is 3.30. The van der Waals surface area contributed by atoms with Crippen LogP contribution in [0.1, 0.15) is 38.3 Å². The van der Waals surface area contributed by atoms with Gasteiger partial charge in [0, 0.05) is 43.6 Å². The number of hydrogen-bond acceptors (Lipinski definition) is 6. The Kier molecular flexibility index (Phi) is 7.42. The van der Waals surface area contributed by atoms with E-state index in [2.05, 4.69) is 10.3 Å². The summed E-state index contributed by atoms with van der Waals surface area (Å²) in [6.07, 6.45) is -5.56. The third-order valence-corrected chi connectivity index (χ3v) is 6.92. The first-order valence-electron chi connectivity index (χ1n) is 12.5. The number of halogens is 5. The van der Waals surface area contributed by atoms with Crippen LogP contribution in [-0.4, -0.2) is 66.5 Å². The Morgan fingerprint density at radius 2 is 1.76 bits per heavy atom. The van der Waals surface area contributed by atoms with Crippen molar-refractivity contribution in [3.63, 3.8) is 0 Å². The van der Waals surface area contributed by atoms with Crippen molar-refractivity contribution in [3.05, 3.63) is 74.6 Å². The summed E-state index contributed by atoms with van der Waals surface area (Å²) in [5, 5.41) is 11.5. The highest BCUT2D eigenvalue weighted by molar-refractivity contribution is 6.09. The molecule has 0 bridgehead atoms. The zero-order valence-corrected chi connectivity index (χ0v) is 21.5. The van der Waals surface area contributed by atoms with Gasteiger partial charge >= 0.3 is 6.18 Å². The number of fused-ring (bicyclic) bond motifs is 1. The number of nitrogens with one attached hydrogen (secondary N) is 2. The molecule has 0 unspecified atom stereocenters. The number of nitriles is 1. The van der Waals surface area contributed by atoms with Gasteiger partial charge in [-0.2, -0.15) is 18.4 Å². The summed E-state index contributed by atoms with van der Waals surface area (Å²) in [7, 11) is 0. The Morgan fingerprint density at radius 3 is 2.43 bits per heavy atom. The van der Waals surface area contributed by atoms with Crippen molar-refractivity contribution in [2.24, 2.45) is 0 Å². The van der Waals surface area contributed by atoms with Gasteiger partial charge in [-0.1, -0.05) is 0 Å². The third-order valence-electron chi connectivity index (χ3n) is 6.92. The Bertz CT molecular complexity index is 1730. The quantitative estimate of drug-likeness (QED) is 0.450. The lowest BCUT2D eigenvalue weighted by Crippen LogP contribution is -2.42. The first-order valence-corrected chi connectivity index (χ1v) is 12.5. The van der Waals surface area contributed by atoms with Crippen molar-refractivity contribution < 1.29 is 41.1 Å². The van der Waals surface area contributed by atoms with Crippen LogP contribution < -0.4 is 15.8 Å². The second kappa shape index (κ2) is 10.9. The number of amides is 3. The minimum atomic E-state index is -5.07. The molecule has 2 aromatic carbocycles. The Hall–Kier alpha value is -4.84. The second-order valence-electron chi connectivity index (χ2n) is 9.67. The lowest BCUT2D eigenvalue weighted by Gasteiger charge is -2.30. The zero-order chi connectivity index (χ0) is 30.3. The van der Waals surface area contributed by atoms with Gasteiger partial charge < -0.3 is 24.8 Å². The minimum Gasteiger partial charge on any atom is -0.378 e. The van der Waals surface area contributed by atoms with E-state index in [1.165, 1.54) is 4.90 Å². The van der Waals surface area contributed by atoms with Crippen LogP contribution in [0.4, 0.5) is 27.6 Å². The molecule has 2 aliphatic rings. The monoisotopic (exact) mass is 589 g/mol. The summed E-state index contributed by atoms with van der Waals surface area (Å²) < 4.78 is 76.1. The van der Waals surface area contributed by atoms with Crippen LogP contribution in [0.15, 0.2) is 35.1 Å². The molecule has 2 fully saturated rings. The lowest BCUT2D eigenvalue weighted by molar-refractivity contribution is -0.137. The summed E-state index contributed by atoms with van der Waals surface area (Å²) in [4.78, 5) is 55.8. The maximum atomic E-state index is 14.3. The second-order valence-corrected chi connectivity index (χ2v) is 9.67. The zero-order valence-electron chi connectivity index (χ0n) is 21.5. The Morgan fingerprint density at radius 1 is 1.05 bits per heavy atom. The first-order chi connectivity index (χ1) is 19.9. The highest BCUT2D eigenvalue weighted by Gasteiger charge is 2.43. The summed E-state index contributed by atoms with van der Waals surface area (Å²) in [5.41, 5.74) is -4.83. The molecule has 218 valence electrons. The number of pyridine rings is 1. The molecule has 3 heterocycles. The van der Waals surface area contributed by atoms with E-state index in [0.29, 0.717) is 12.1 Å². The molecule has 15 heteroatoms. The SMILES string of the molecule is N#Cc1cc(C(=O)N2CCOCC2)c(N2C[C@H](NC(=O)c3cc(=O)[nH]c4c(F)cc(F)cc34)CC2=O)c(C(F)(F)F)c1. The van der Waals surface area contributed by atoms with Crippen LogP contribution >= 0.6 is 0 Å². The molecule has 10 nitrogen and oxygen atoms in total. The Labute approximate surface area is 233 Å². The fraction of sp³-hybridized carbons (Fsp3) is 0.296. The van der Waals surface area contributed by atoms with Crippen LogP contribution in [0, 0.1) is 23.0 Å². The van der Waals surface area contributed by atoms with E-state index in [1.54, 1.807) is 6.07 Å². The van der Waals surface area contributed by atoms with Gasteiger partial charge in [-0.05, 0) is 18.2 Å². The molecular formula is C27H20F5N5O5. The van der Waals surface area contributed by atoms with Gasteiger partial charge in [0.05, 0.1) is 58.8 Å². The van der Waals surface area contributed by atoms with Gasteiger partial charge in [-0.25, -0.2) is 8.78 Å². The van der Waals surface area contributed by atoms with Crippen LogP contribution in [0.2, 0.25) is 0 Å². The highest BCUT2D eigenvalue weighted by Crippen LogP contribution is 2.41. The van der Waals surface area contributed by atoms with Crippen LogP contribution in [-0.2, 0) is 15.7 Å². The molecule has 0 radical (unpaired) electrons. The maximum absolute atomic E-state index is 14.3. The maximum Gasteiger partial charge on any atom is 0.418 e. The fourth-order valence-corrected chi connectivity index (χ4v) is 5.06. The third kappa shape index (κ3) is 5.40. The van der Waals surface area contributed by atoms with E-state index in [4.69, 9.17) is 4.74 Å². The molecule has 42 heavy (non-hydrogen) atoms. The summed E-state index contributed by atoms with van der Waals surface area (Å²) >= 11 is 0. The summed E-state index contributed by atoms with van der Waals surface area (Å²) in [6, 6.07) is 4.15. The van der Waals surface area contributed by atoms with E-state index in [0.717, 1.165) is 23.1 Å². The van der Waals surface area contributed by atoms with Crippen LogP contribution in [0.25, 0.3) is 10.9 Å². The van der Waals surface area contributed by atoms with Gasteiger partial charge in [0.15, 0.2) is 0 Å². The molecule has 1 aromatic heterocycles. The number of morpholine rings is 1. The number of nitrogens with zero attached hydrogens (tertiary/aromatic N) is 3. The smallest absolute Gasteiger partial charge is 0.378 e. The van der Waals surface area contributed by atoms with Gasteiger partial charge in [-0.3, -0.25) is 19.2 Å². The topological polar surface area (TPSA) is 136 Å². The van der Waals surface area contributed by atoms with Gasteiger partial charge in [0.2, 0.25) is 11.5 Å². The fourth-order valence-electron chi connectivity index (χ4n) is 5.06. The number of H-pyrrole nitrogens is 1. The average molecular weight is 589 g/mol. The number of rotatable bonds is 4. The molecular weight excluding hydrogens is 569 g/mol. The van der Waals surface area contributed by atoms with E-state index in [9.17, 15) is 46.4 Å². The highest BCUT2D eigenvalue weighted by atomic mass is 19.4. The molecule has 2 saturated heterocycles. The molecule has 0 spiro atoms. The molecule has 5 rings (SSSR count). The van der Waals surface area contributed by atoms with E-state index in [1.807, 2.05) is 0 Å². The largest absolute Gasteiger partial charge is 0.418 e. The van der Waals surface area contributed by atoms with Gasteiger partial charge in [0.25, 0.3) is 11.8 Å². The number of alkyl halides is 3. The number of carbonyl (C=O) groups is 3. The van der Waals surface area contributed by atoms with Crippen molar-refractivity contribution in [1.29, 1.82) is 5.26 Å². The van der Waals surface area contributed by atoms with Crippen molar-refractivity contribution in [1.82, 2.24) is 15.2 Å². The summed E-state index contributed by atoms with van der Waals surface area (Å²) in [6.45, 7) is -0.0606. The van der Waals surface area contributed by atoms with Crippen LogP contribution in [0.3, 0.4) is 0 Å². The number of aromatic amines is 1. The predicted molar refractivity (Wildman–Crippen MR) is 136 cm³/mol. The van der Waals surface area contributed by atoms with Crippen molar-refractivity contribution in [2.75, 3.05) is 37.7 Å². The number of benzene rings is 2. The number of anilines is 1. The summed E-state index contributed by atoms with van der Waals surface area (Å²) in [5.74, 6) is -4.86. The van der Waals surface area contributed by atoms with E-state index >= 15 is 0 Å². The first kappa shape index (κ1) is 28.7. The van der Waals surface area contributed by atoms with Gasteiger partial charge in [-0.15, -0.1) is 0 Å². The standard InChI is InChI=1S/C27H20F5N5O5/c28-14-7-16-17(10-21(38)35-23(16)20(29)8-14)25(40)34-15-9-22(39)37(12-15)24-18(26(41)36-1-3-42-4-2-36)5-13(11-33)6-19(24)27(30,31)32/h5-8,10,15H,1-4,9,12H2,(H,34,40)(H,35,38)/t15-/m1/s1. The Balaban J connectivity index is 1.51. The molecule has 3 aromatic rings. The van der Waals surface area contributed by atoms with E-state index in [-0.39, 0.29) is 31.7 Å².